The van der Waals surface area contributed by atoms with Crippen LogP contribution in [-0.4, -0.2) is 45.8 Å². The van der Waals surface area contributed by atoms with Gasteiger partial charge in [0.05, 0.1) is 19.3 Å². The summed E-state index contributed by atoms with van der Waals surface area (Å²) in [6, 6.07) is 3.97. The fraction of sp³-hybridized carbons (Fsp3) is 0.526. The van der Waals surface area contributed by atoms with E-state index in [1.54, 1.807) is 6.20 Å². The number of hydrogen-bond donors (Lipinski definition) is 1. The highest BCUT2D eigenvalue weighted by Crippen LogP contribution is 2.29. The van der Waals surface area contributed by atoms with Crippen molar-refractivity contribution in [3.8, 4) is 5.88 Å². The molecule has 0 radical (unpaired) electrons. The molecule has 1 N–H and O–H groups in total. The molecule has 2 heterocycles. The first kappa shape index (κ1) is 21.5. The number of hydrogen-bond acceptors (Lipinski definition) is 4. The van der Waals surface area contributed by atoms with Gasteiger partial charge in [0, 0.05) is 51.2 Å². The number of ether oxygens (including phenoxy) is 1. The number of rotatable bonds is 8. The zero-order valence-electron chi connectivity index (χ0n) is 16.3. The lowest BCUT2D eigenvalue weighted by Gasteiger charge is -2.21. The molecular weight excluding hydrogens is 455 g/mol. The number of nitrogens with zero attached hydrogens (tertiary/aromatic N) is 5. The number of aromatic nitrogens is 3. The Morgan fingerprint density at radius 1 is 1.41 bits per heavy atom. The molecule has 27 heavy (non-hydrogen) atoms. The second-order valence-electron chi connectivity index (χ2n) is 6.81. The minimum absolute atomic E-state index is 0. The predicted molar refractivity (Wildman–Crippen MR) is 117 cm³/mol. The minimum atomic E-state index is 0. The van der Waals surface area contributed by atoms with Crippen LogP contribution in [0.2, 0.25) is 0 Å². The first-order chi connectivity index (χ1) is 12.6. The Bertz CT molecular complexity index is 743. The van der Waals surface area contributed by atoms with Gasteiger partial charge in [-0.2, -0.15) is 5.10 Å². The molecule has 0 bridgehead atoms. The van der Waals surface area contributed by atoms with Crippen LogP contribution in [0.1, 0.15) is 30.9 Å². The van der Waals surface area contributed by atoms with E-state index in [1.165, 1.54) is 12.8 Å². The fourth-order valence-electron chi connectivity index (χ4n) is 2.65. The largest absolute Gasteiger partial charge is 0.477 e. The van der Waals surface area contributed by atoms with Gasteiger partial charge in [0.25, 0.3) is 0 Å². The molecule has 3 rings (SSSR count). The van der Waals surface area contributed by atoms with Crippen LogP contribution in [0.4, 0.5) is 0 Å². The Balaban J connectivity index is 0.00000261. The Hall–Kier alpha value is -1.84. The van der Waals surface area contributed by atoms with Gasteiger partial charge in [-0.05, 0) is 37.3 Å². The van der Waals surface area contributed by atoms with E-state index in [0.29, 0.717) is 12.4 Å². The van der Waals surface area contributed by atoms with Gasteiger partial charge in [0.2, 0.25) is 5.88 Å². The summed E-state index contributed by atoms with van der Waals surface area (Å²) in [4.78, 5) is 11.1. The summed E-state index contributed by atoms with van der Waals surface area (Å²) in [6.45, 7) is 5.01. The molecule has 0 amide bonds. The maximum Gasteiger partial charge on any atom is 0.213 e. The SMILES string of the molecule is CCNC(=NCc1ccnc(OCC2CC2)c1)N(C)Cc1cnn(C)c1.I. The van der Waals surface area contributed by atoms with Crippen molar-refractivity contribution in [3.05, 3.63) is 41.9 Å². The van der Waals surface area contributed by atoms with Gasteiger partial charge in [-0.3, -0.25) is 4.68 Å². The molecule has 2 aromatic heterocycles. The molecule has 1 aliphatic carbocycles. The smallest absolute Gasteiger partial charge is 0.213 e. The fourth-order valence-corrected chi connectivity index (χ4v) is 2.65. The van der Waals surface area contributed by atoms with Crippen LogP contribution in [0, 0.1) is 5.92 Å². The van der Waals surface area contributed by atoms with Gasteiger partial charge < -0.3 is 15.0 Å². The topological polar surface area (TPSA) is 67.6 Å². The first-order valence-electron chi connectivity index (χ1n) is 9.18. The average molecular weight is 484 g/mol. The number of aliphatic imine (C=N–C) groups is 1. The molecule has 0 saturated heterocycles. The standard InChI is InChI=1S/C19H28N6O.HI/c1-4-20-19(24(2)12-17-11-23-25(3)13-17)22-10-16-7-8-21-18(9-16)26-14-15-5-6-15;/h7-9,11,13,15H,4-6,10,12,14H2,1-3H3,(H,20,22);1H. The summed E-state index contributed by atoms with van der Waals surface area (Å²) in [7, 11) is 3.96. The molecule has 0 aliphatic heterocycles. The van der Waals surface area contributed by atoms with Crippen LogP contribution >= 0.6 is 24.0 Å². The van der Waals surface area contributed by atoms with Crippen LogP contribution in [0.15, 0.2) is 35.7 Å². The van der Waals surface area contributed by atoms with Crippen molar-refractivity contribution in [2.24, 2.45) is 18.0 Å². The third-order valence-electron chi connectivity index (χ3n) is 4.25. The Labute approximate surface area is 178 Å². The van der Waals surface area contributed by atoms with E-state index in [9.17, 15) is 0 Å². The van der Waals surface area contributed by atoms with E-state index < -0.39 is 0 Å². The minimum Gasteiger partial charge on any atom is -0.477 e. The van der Waals surface area contributed by atoms with Crippen LogP contribution in [-0.2, 0) is 20.1 Å². The van der Waals surface area contributed by atoms with Gasteiger partial charge >= 0.3 is 0 Å². The summed E-state index contributed by atoms with van der Waals surface area (Å²) in [5, 5.41) is 7.57. The molecule has 1 saturated carbocycles. The van der Waals surface area contributed by atoms with Crippen molar-refractivity contribution in [1.29, 1.82) is 0 Å². The van der Waals surface area contributed by atoms with Gasteiger partial charge in [-0.25, -0.2) is 9.98 Å². The third kappa shape index (κ3) is 7.00. The molecule has 0 aromatic carbocycles. The van der Waals surface area contributed by atoms with E-state index >= 15 is 0 Å². The zero-order valence-corrected chi connectivity index (χ0v) is 18.6. The molecule has 7 nitrogen and oxygen atoms in total. The van der Waals surface area contributed by atoms with Crippen LogP contribution in [0.5, 0.6) is 5.88 Å². The number of guanidine groups is 1. The molecular formula is C19H29IN6O. The number of aryl methyl sites for hydroxylation is 1. The molecule has 8 heteroatoms. The molecule has 0 atom stereocenters. The van der Waals surface area contributed by atoms with Crippen LogP contribution in [0.25, 0.3) is 0 Å². The predicted octanol–water partition coefficient (Wildman–Crippen LogP) is 2.82. The third-order valence-corrected chi connectivity index (χ3v) is 4.25. The van der Waals surface area contributed by atoms with E-state index in [2.05, 4.69) is 27.2 Å². The van der Waals surface area contributed by atoms with E-state index in [0.717, 1.165) is 42.7 Å². The van der Waals surface area contributed by atoms with E-state index in [4.69, 9.17) is 9.73 Å². The van der Waals surface area contributed by atoms with Crippen molar-refractivity contribution in [3.63, 3.8) is 0 Å². The summed E-state index contributed by atoms with van der Waals surface area (Å²) in [5.41, 5.74) is 2.25. The van der Waals surface area contributed by atoms with Crippen molar-refractivity contribution >= 4 is 29.9 Å². The normalized spacial score (nSPS) is 13.8. The summed E-state index contributed by atoms with van der Waals surface area (Å²) < 4.78 is 7.57. The van der Waals surface area contributed by atoms with Crippen molar-refractivity contribution in [2.75, 3.05) is 20.2 Å². The van der Waals surface area contributed by atoms with Gasteiger partial charge in [0.1, 0.15) is 0 Å². The molecule has 1 fully saturated rings. The van der Waals surface area contributed by atoms with Crippen molar-refractivity contribution in [1.82, 2.24) is 25.0 Å². The average Bonchev–Trinajstić information content (AvgIpc) is 3.38. The van der Waals surface area contributed by atoms with Gasteiger partial charge in [-0.1, -0.05) is 0 Å². The summed E-state index contributed by atoms with van der Waals surface area (Å²) in [5.74, 6) is 2.28. The monoisotopic (exact) mass is 484 g/mol. The highest BCUT2D eigenvalue weighted by atomic mass is 127. The highest BCUT2D eigenvalue weighted by Gasteiger charge is 2.22. The second kappa shape index (κ2) is 10.5. The van der Waals surface area contributed by atoms with Crippen molar-refractivity contribution < 1.29 is 4.74 Å². The maximum absolute atomic E-state index is 5.76. The number of halogens is 1. The lowest BCUT2D eigenvalue weighted by atomic mass is 10.2. The Morgan fingerprint density at radius 3 is 2.89 bits per heavy atom. The molecule has 0 unspecified atom stereocenters. The van der Waals surface area contributed by atoms with Crippen LogP contribution in [0.3, 0.4) is 0 Å². The maximum atomic E-state index is 5.76. The summed E-state index contributed by atoms with van der Waals surface area (Å²) >= 11 is 0. The quantitative estimate of drug-likeness (QED) is 0.355. The van der Waals surface area contributed by atoms with Crippen molar-refractivity contribution in [2.45, 2.75) is 32.9 Å². The van der Waals surface area contributed by atoms with Crippen LogP contribution < -0.4 is 10.1 Å². The van der Waals surface area contributed by atoms with E-state index in [-0.39, 0.29) is 24.0 Å². The number of nitrogens with one attached hydrogen (secondary N) is 1. The van der Waals surface area contributed by atoms with Gasteiger partial charge in [-0.15, -0.1) is 24.0 Å². The molecule has 0 spiro atoms. The second-order valence-corrected chi connectivity index (χ2v) is 6.81. The lowest BCUT2D eigenvalue weighted by molar-refractivity contribution is 0.288. The van der Waals surface area contributed by atoms with Gasteiger partial charge in [0.15, 0.2) is 5.96 Å². The molecule has 2 aromatic rings. The Kier molecular flexibility index (Phi) is 8.33. The van der Waals surface area contributed by atoms with E-state index in [1.807, 2.05) is 43.3 Å². The first-order valence-corrected chi connectivity index (χ1v) is 9.18. The molecule has 1 aliphatic rings. The lowest BCUT2D eigenvalue weighted by Crippen LogP contribution is -2.38. The zero-order chi connectivity index (χ0) is 18.4. The highest BCUT2D eigenvalue weighted by molar-refractivity contribution is 14.0. The molecule has 148 valence electrons. The number of pyridine rings is 1. The Morgan fingerprint density at radius 2 is 2.22 bits per heavy atom. The summed E-state index contributed by atoms with van der Waals surface area (Å²) in [6.07, 6.45) is 8.25.